The number of rotatable bonds is 5. The van der Waals surface area contributed by atoms with E-state index in [2.05, 4.69) is 5.32 Å². The fraction of sp³-hybridized carbons (Fsp3) is 0.200. The number of ether oxygens (including phenoxy) is 3. The topological polar surface area (TPSA) is 73.9 Å². The Morgan fingerprint density at radius 1 is 1.12 bits per heavy atom. The van der Waals surface area contributed by atoms with Gasteiger partial charge >= 0.3 is 5.97 Å². The first-order chi connectivity index (χ1) is 12.6. The number of esters is 1. The van der Waals surface area contributed by atoms with Crippen LogP contribution in [0.4, 0.5) is 0 Å². The van der Waals surface area contributed by atoms with Crippen molar-refractivity contribution in [3.63, 3.8) is 0 Å². The number of benzene rings is 2. The summed E-state index contributed by atoms with van der Waals surface area (Å²) in [5, 5.41) is 2.92. The number of ketones is 1. The lowest BCUT2D eigenvalue weighted by Gasteiger charge is -2.11. The highest BCUT2D eigenvalue weighted by Crippen LogP contribution is 2.38. The number of carbonyl (C=O) groups excluding carboxylic acids is 2. The van der Waals surface area contributed by atoms with Gasteiger partial charge in [0, 0.05) is 12.6 Å². The molecule has 0 radical (unpaired) electrons. The fourth-order valence-electron chi connectivity index (χ4n) is 2.87. The van der Waals surface area contributed by atoms with Gasteiger partial charge in [-0.05, 0) is 23.8 Å². The largest absolute Gasteiger partial charge is 0.497 e. The predicted molar refractivity (Wildman–Crippen MR) is 95.6 cm³/mol. The Bertz CT molecular complexity index is 873. The van der Waals surface area contributed by atoms with Gasteiger partial charge < -0.3 is 19.5 Å². The summed E-state index contributed by atoms with van der Waals surface area (Å²) in [6.07, 6.45) is -0.735. The number of nitrogens with one attached hydrogen (secondary N) is 1. The Morgan fingerprint density at radius 2 is 1.85 bits per heavy atom. The van der Waals surface area contributed by atoms with Gasteiger partial charge in [0.05, 0.1) is 25.4 Å². The standard InChI is InChI=1S/C20H19NO5/c1-21-19-16(17(22)18(26-19)12-7-5-4-6-8-12)13-9-14(20(23)25-3)11-15(10-13)24-2/h4-11,18,21H,1-3H3. The molecule has 1 atom stereocenters. The Hall–Kier alpha value is -3.28. The lowest BCUT2D eigenvalue weighted by Crippen LogP contribution is -2.10. The molecule has 0 fully saturated rings. The van der Waals surface area contributed by atoms with Gasteiger partial charge in [-0.15, -0.1) is 0 Å². The highest BCUT2D eigenvalue weighted by molar-refractivity contribution is 6.25. The molecular formula is C20H19NO5. The van der Waals surface area contributed by atoms with Gasteiger partial charge in [0.1, 0.15) is 5.75 Å². The maximum Gasteiger partial charge on any atom is 0.338 e. The molecule has 26 heavy (non-hydrogen) atoms. The second-order valence-electron chi connectivity index (χ2n) is 5.67. The van der Waals surface area contributed by atoms with Gasteiger partial charge in [-0.1, -0.05) is 30.3 Å². The normalized spacial score (nSPS) is 16.3. The second kappa shape index (κ2) is 7.31. The molecule has 134 valence electrons. The van der Waals surface area contributed by atoms with Gasteiger partial charge in [0.15, 0.2) is 12.0 Å². The molecule has 6 heteroatoms. The van der Waals surface area contributed by atoms with Crippen molar-refractivity contribution in [3.05, 3.63) is 71.1 Å². The molecule has 0 aromatic heterocycles. The second-order valence-corrected chi connectivity index (χ2v) is 5.67. The van der Waals surface area contributed by atoms with E-state index in [1.54, 1.807) is 25.2 Å². The molecule has 0 aliphatic carbocycles. The molecule has 6 nitrogen and oxygen atoms in total. The van der Waals surface area contributed by atoms with E-state index < -0.39 is 12.1 Å². The van der Waals surface area contributed by atoms with E-state index >= 15 is 0 Å². The molecule has 0 spiro atoms. The monoisotopic (exact) mass is 353 g/mol. The molecule has 2 aromatic carbocycles. The summed E-state index contributed by atoms with van der Waals surface area (Å²) in [6.45, 7) is 0. The van der Waals surface area contributed by atoms with Gasteiger partial charge in [0.2, 0.25) is 5.78 Å². The van der Waals surface area contributed by atoms with Crippen molar-refractivity contribution >= 4 is 17.3 Å². The van der Waals surface area contributed by atoms with E-state index in [1.165, 1.54) is 14.2 Å². The maximum atomic E-state index is 13.0. The molecule has 0 bridgehead atoms. The van der Waals surface area contributed by atoms with Crippen LogP contribution in [0.3, 0.4) is 0 Å². The molecule has 0 amide bonds. The summed E-state index contributed by atoms with van der Waals surface area (Å²) in [5.74, 6) is 0.0992. The van der Waals surface area contributed by atoms with E-state index in [1.807, 2.05) is 30.3 Å². The molecular weight excluding hydrogens is 334 g/mol. The summed E-state index contributed by atoms with van der Waals surface area (Å²) in [6, 6.07) is 14.1. The van der Waals surface area contributed by atoms with Crippen molar-refractivity contribution in [3.8, 4) is 5.75 Å². The number of carbonyl (C=O) groups is 2. The minimum Gasteiger partial charge on any atom is -0.497 e. The number of hydrogen-bond acceptors (Lipinski definition) is 6. The molecule has 3 rings (SSSR count). The third kappa shape index (κ3) is 3.13. The van der Waals surface area contributed by atoms with E-state index in [0.29, 0.717) is 28.3 Å². The summed E-state index contributed by atoms with van der Waals surface area (Å²) >= 11 is 0. The zero-order valence-corrected chi connectivity index (χ0v) is 14.7. The van der Waals surface area contributed by atoms with Crippen molar-refractivity contribution in [1.82, 2.24) is 5.32 Å². The lowest BCUT2D eigenvalue weighted by molar-refractivity contribution is -0.120. The molecule has 1 aliphatic heterocycles. The highest BCUT2D eigenvalue weighted by Gasteiger charge is 2.37. The molecule has 0 saturated heterocycles. The van der Waals surface area contributed by atoms with Gasteiger partial charge in [-0.2, -0.15) is 0 Å². The van der Waals surface area contributed by atoms with Gasteiger partial charge in [-0.3, -0.25) is 4.79 Å². The van der Waals surface area contributed by atoms with E-state index in [9.17, 15) is 9.59 Å². The number of hydrogen-bond donors (Lipinski definition) is 1. The smallest absolute Gasteiger partial charge is 0.338 e. The summed E-state index contributed by atoms with van der Waals surface area (Å²) < 4.78 is 15.9. The highest BCUT2D eigenvalue weighted by atomic mass is 16.5. The quantitative estimate of drug-likeness (QED) is 0.833. The van der Waals surface area contributed by atoms with E-state index in [0.717, 1.165) is 5.56 Å². The first kappa shape index (κ1) is 17.5. The van der Waals surface area contributed by atoms with Crippen molar-refractivity contribution in [1.29, 1.82) is 0 Å². The van der Waals surface area contributed by atoms with Crippen LogP contribution in [0.25, 0.3) is 5.57 Å². The molecule has 1 unspecified atom stereocenters. The molecule has 2 aromatic rings. The number of methoxy groups -OCH3 is 2. The first-order valence-corrected chi connectivity index (χ1v) is 8.04. The fourth-order valence-corrected chi connectivity index (χ4v) is 2.87. The Kier molecular flexibility index (Phi) is 4.93. The third-order valence-corrected chi connectivity index (χ3v) is 4.13. The van der Waals surface area contributed by atoms with Crippen LogP contribution < -0.4 is 10.1 Å². The number of Topliss-reactive ketones (excluding diaryl/α,β-unsaturated/α-hetero) is 1. The van der Waals surface area contributed by atoms with Gasteiger partial charge in [0.25, 0.3) is 0 Å². The van der Waals surface area contributed by atoms with E-state index in [-0.39, 0.29) is 5.78 Å². The zero-order chi connectivity index (χ0) is 18.7. The maximum absolute atomic E-state index is 13.0. The lowest BCUT2D eigenvalue weighted by atomic mass is 9.95. The van der Waals surface area contributed by atoms with Crippen LogP contribution in [0.15, 0.2) is 54.4 Å². The van der Waals surface area contributed by atoms with Crippen molar-refractivity contribution < 1.29 is 23.8 Å². The summed E-state index contributed by atoms with van der Waals surface area (Å²) in [7, 11) is 4.47. The molecule has 1 N–H and O–H groups in total. The zero-order valence-electron chi connectivity index (χ0n) is 14.7. The third-order valence-electron chi connectivity index (χ3n) is 4.13. The van der Waals surface area contributed by atoms with Crippen molar-refractivity contribution in [2.75, 3.05) is 21.3 Å². The Labute approximate surface area is 151 Å². The van der Waals surface area contributed by atoms with Crippen LogP contribution in [0, 0.1) is 0 Å². The molecule has 1 aliphatic rings. The Balaban J connectivity index is 2.06. The van der Waals surface area contributed by atoms with Gasteiger partial charge in [-0.25, -0.2) is 4.79 Å². The van der Waals surface area contributed by atoms with Crippen LogP contribution in [0.2, 0.25) is 0 Å². The van der Waals surface area contributed by atoms with E-state index in [4.69, 9.17) is 14.2 Å². The van der Waals surface area contributed by atoms with Crippen LogP contribution in [-0.2, 0) is 14.3 Å². The van der Waals surface area contributed by atoms with Crippen molar-refractivity contribution in [2.45, 2.75) is 6.10 Å². The Morgan fingerprint density at radius 3 is 2.46 bits per heavy atom. The average molecular weight is 353 g/mol. The summed E-state index contributed by atoms with van der Waals surface area (Å²) in [4.78, 5) is 25.0. The molecule has 0 saturated carbocycles. The first-order valence-electron chi connectivity index (χ1n) is 8.04. The van der Waals surface area contributed by atoms with Crippen LogP contribution in [-0.4, -0.2) is 33.0 Å². The van der Waals surface area contributed by atoms with Crippen LogP contribution >= 0.6 is 0 Å². The minimum absolute atomic E-state index is 0.190. The SMILES string of the molecule is CNC1=C(c2cc(OC)cc(C(=O)OC)c2)C(=O)C(c2ccccc2)O1. The summed E-state index contributed by atoms with van der Waals surface area (Å²) in [5.41, 5.74) is 1.94. The van der Waals surface area contributed by atoms with Crippen LogP contribution in [0.5, 0.6) is 5.75 Å². The minimum atomic E-state index is -0.735. The van der Waals surface area contributed by atoms with Crippen LogP contribution in [0.1, 0.15) is 27.6 Å². The predicted octanol–water partition coefficient (Wildman–Crippen LogP) is 2.71. The molecule has 1 heterocycles. The average Bonchev–Trinajstić information content (AvgIpc) is 3.03. The van der Waals surface area contributed by atoms with Crippen molar-refractivity contribution in [2.24, 2.45) is 0 Å².